The van der Waals surface area contributed by atoms with E-state index in [1.807, 2.05) is 6.92 Å². The molecule has 102 valence electrons. The number of rotatable bonds is 6. The molecule has 1 amide bonds. The maximum absolute atomic E-state index is 12.5. The first-order chi connectivity index (χ1) is 8.59. The quantitative estimate of drug-likeness (QED) is 0.776. The van der Waals surface area contributed by atoms with Gasteiger partial charge in [-0.25, -0.2) is 0 Å². The molecule has 0 bridgehead atoms. The van der Waals surface area contributed by atoms with Crippen molar-refractivity contribution >= 4 is 11.9 Å². The molecule has 2 fully saturated rings. The van der Waals surface area contributed by atoms with Crippen molar-refractivity contribution in [1.29, 1.82) is 0 Å². The molecular formula is C13H21NO4. The number of likely N-dealkylation sites (tertiary alicyclic amines) is 1. The van der Waals surface area contributed by atoms with Crippen LogP contribution in [0.1, 0.15) is 39.0 Å². The molecule has 1 N–H and O–H groups in total. The Morgan fingerprint density at radius 2 is 2.17 bits per heavy atom. The maximum atomic E-state index is 12.5. The van der Waals surface area contributed by atoms with Crippen molar-refractivity contribution in [1.82, 2.24) is 4.90 Å². The summed E-state index contributed by atoms with van der Waals surface area (Å²) in [6.07, 6.45) is 3.54. The van der Waals surface area contributed by atoms with Crippen molar-refractivity contribution in [2.75, 3.05) is 19.8 Å². The molecule has 5 nitrogen and oxygen atoms in total. The van der Waals surface area contributed by atoms with E-state index in [4.69, 9.17) is 9.84 Å². The summed E-state index contributed by atoms with van der Waals surface area (Å²) in [4.78, 5) is 25.1. The topological polar surface area (TPSA) is 66.8 Å². The van der Waals surface area contributed by atoms with E-state index in [1.54, 1.807) is 4.90 Å². The van der Waals surface area contributed by atoms with Crippen LogP contribution in [0, 0.1) is 5.41 Å². The molecule has 0 radical (unpaired) electrons. The van der Waals surface area contributed by atoms with Gasteiger partial charge >= 0.3 is 5.97 Å². The van der Waals surface area contributed by atoms with Gasteiger partial charge in [-0.15, -0.1) is 0 Å². The number of aliphatic carboxylic acids is 1. The zero-order valence-electron chi connectivity index (χ0n) is 10.9. The van der Waals surface area contributed by atoms with Crippen LogP contribution in [0.15, 0.2) is 0 Å². The summed E-state index contributed by atoms with van der Waals surface area (Å²) >= 11 is 0. The molecule has 2 rings (SSSR count). The molecule has 1 saturated heterocycles. The van der Waals surface area contributed by atoms with Gasteiger partial charge in [0.2, 0.25) is 5.91 Å². The fraction of sp³-hybridized carbons (Fsp3) is 0.846. The largest absolute Gasteiger partial charge is 0.481 e. The number of carbonyl (C=O) groups is 2. The second-order valence-electron chi connectivity index (χ2n) is 5.31. The molecule has 1 saturated carbocycles. The van der Waals surface area contributed by atoms with E-state index >= 15 is 0 Å². The van der Waals surface area contributed by atoms with Crippen LogP contribution in [-0.2, 0) is 14.3 Å². The smallest absolute Gasteiger partial charge is 0.305 e. The highest BCUT2D eigenvalue weighted by atomic mass is 16.5. The van der Waals surface area contributed by atoms with Gasteiger partial charge in [0.25, 0.3) is 0 Å². The van der Waals surface area contributed by atoms with Crippen LogP contribution in [0.2, 0.25) is 0 Å². The number of hydrogen-bond donors (Lipinski definition) is 1. The SMILES string of the molecule is CCOCC1(C(=O)N2CCCC2CC(=O)O)CC1. The van der Waals surface area contributed by atoms with Crippen LogP contribution >= 0.6 is 0 Å². The van der Waals surface area contributed by atoms with E-state index in [9.17, 15) is 9.59 Å². The molecule has 5 heteroatoms. The summed E-state index contributed by atoms with van der Waals surface area (Å²) in [5, 5.41) is 8.87. The van der Waals surface area contributed by atoms with Gasteiger partial charge in [-0.1, -0.05) is 0 Å². The fourth-order valence-corrected chi connectivity index (χ4v) is 2.69. The van der Waals surface area contributed by atoms with E-state index in [1.165, 1.54) is 0 Å². The second kappa shape index (κ2) is 5.26. The van der Waals surface area contributed by atoms with Crippen molar-refractivity contribution in [3.63, 3.8) is 0 Å². The predicted octanol–water partition coefficient (Wildman–Crippen LogP) is 1.27. The van der Waals surface area contributed by atoms with Crippen molar-refractivity contribution in [3.8, 4) is 0 Å². The molecule has 1 heterocycles. The Hall–Kier alpha value is -1.10. The van der Waals surface area contributed by atoms with Crippen LogP contribution < -0.4 is 0 Å². The summed E-state index contributed by atoms with van der Waals surface area (Å²) in [6.45, 7) is 3.72. The summed E-state index contributed by atoms with van der Waals surface area (Å²) in [5.41, 5.74) is -0.336. The standard InChI is InChI=1S/C13H21NO4/c1-2-18-9-13(5-6-13)12(17)14-7-3-4-10(14)8-11(15)16/h10H,2-9H2,1H3,(H,15,16). The number of ether oxygens (including phenoxy) is 1. The highest BCUT2D eigenvalue weighted by Crippen LogP contribution is 2.48. The predicted molar refractivity (Wildman–Crippen MR) is 65.1 cm³/mol. The van der Waals surface area contributed by atoms with Gasteiger partial charge in [-0.05, 0) is 32.6 Å². The Kier molecular flexibility index (Phi) is 3.90. The van der Waals surface area contributed by atoms with Crippen molar-refractivity contribution < 1.29 is 19.4 Å². The van der Waals surface area contributed by atoms with Crippen LogP contribution in [0.5, 0.6) is 0 Å². The molecule has 1 atom stereocenters. The van der Waals surface area contributed by atoms with Gasteiger partial charge < -0.3 is 14.7 Å². The van der Waals surface area contributed by atoms with Gasteiger partial charge in [0.1, 0.15) is 0 Å². The lowest BCUT2D eigenvalue weighted by atomic mass is 10.0. The lowest BCUT2D eigenvalue weighted by Gasteiger charge is -2.28. The molecule has 1 aliphatic heterocycles. The van der Waals surface area contributed by atoms with Crippen LogP contribution in [0.3, 0.4) is 0 Å². The van der Waals surface area contributed by atoms with E-state index in [2.05, 4.69) is 0 Å². The zero-order valence-corrected chi connectivity index (χ0v) is 10.9. The Bertz CT molecular complexity index is 338. The molecule has 18 heavy (non-hydrogen) atoms. The number of carboxylic acids is 1. The lowest BCUT2D eigenvalue weighted by molar-refractivity contribution is -0.143. The highest BCUT2D eigenvalue weighted by Gasteiger charge is 2.53. The maximum Gasteiger partial charge on any atom is 0.305 e. The molecule has 1 unspecified atom stereocenters. The normalized spacial score (nSPS) is 25.2. The molecular weight excluding hydrogens is 234 g/mol. The third-order valence-corrected chi connectivity index (χ3v) is 3.94. The Labute approximate surface area is 107 Å². The first-order valence-corrected chi connectivity index (χ1v) is 6.70. The van der Waals surface area contributed by atoms with Crippen LogP contribution in [0.4, 0.5) is 0 Å². The first kappa shape index (κ1) is 13.3. The minimum absolute atomic E-state index is 0.0659. The molecule has 0 aromatic rings. The summed E-state index contributed by atoms with van der Waals surface area (Å²) in [5.74, 6) is -0.714. The number of carbonyl (C=O) groups excluding carboxylic acids is 1. The molecule has 1 aliphatic carbocycles. The molecule has 0 aromatic carbocycles. The Morgan fingerprint density at radius 3 is 2.72 bits per heavy atom. The third-order valence-electron chi connectivity index (χ3n) is 3.94. The van der Waals surface area contributed by atoms with Crippen molar-refractivity contribution in [3.05, 3.63) is 0 Å². The fourth-order valence-electron chi connectivity index (χ4n) is 2.69. The Balaban J connectivity index is 1.97. The van der Waals surface area contributed by atoms with Gasteiger partial charge in [-0.3, -0.25) is 9.59 Å². The molecule has 0 aromatic heterocycles. The highest BCUT2D eigenvalue weighted by molar-refractivity contribution is 5.86. The van der Waals surface area contributed by atoms with Gasteiger partial charge in [0.05, 0.1) is 18.4 Å². The van der Waals surface area contributed by atoms with Gasteiger partial charge in [0.15, 0.2) is 0 Å². The zero-order chi connectivity index (χ0) is 13.2. The summed E-state index contributed by atoms with van der Waals surface area (Å²) in [7, 11) is 0. The first-order valence-electron chi connectivity index (χ1n) is 6.70. The van der Waals surface area contributed by atoms with Crippen LogP contribution in [0.25, 0.3) is 0 Å². The number of carboxylic acid groups (broad SMARTS) is 1. The monoisotopic (exact) mass is 255 g/mol. The lowest BCUT2D eigenvalue weighted by Crippen LogP contribution is -2.43. The van der Waals surface area contributed by atoms with Gasteiger partial charge in [-0.2, -0.15) is 0 Å². The second-order valence-corrected chi connectivity index (χ2v) is 5.31. The average Bonchev–Trinajstić information content (AvgIpc) is 2.99. The van der Waals surface area contributed by atoms with Gasteiger partial charge in [0, 0.05) is 19.2 Å². The van der Waals surface area contributed by atoms with Crippen molar-refractivity contribution in [2.45, 2.75) is 45.1 Å². The van der Waals surface area contributed by atoms with E-state index in [0.29, 0.717) is 19.8 Å². The Morgan fingerprint density at radius 1 is 1.44 bits per heavy atom. The van der Waals surface area contributed by atoms with E-state index < -0.39 is 5.97 Å². The molecule has 0 spiro atoms. The van der Waals surface area contributed by atoms with E-state index in [-0.39, 0.29) is 23.8 Å². The third kappa shape index (κ3) is 2.66. The molecule has 2 aliphatic rings. The van der Waals surface area contributed by atoms with E-state index in [0.717, 1.165) is 25.7 Å². The minimum Gasteiger partial charge on any atom is -0.481 e. The number of hydrogen-bond acceptors (Lipinski definition) is 3. The number of nitrogens with zero attached hydrogens (tertiary/aromatic N) is 1. The van der Waals surface area contributed by atoms with Crippen molar-refractivity contribution in [2.24, 2.45) is 5.41 Å². The van der Waals surface area contributed by atoms with Crippen LogP contribution in [-0.4, -0.2) is 47.7 Å². The summed E-state index contributed by atoms with van der Waals surface area (Å²) < 4.78 is 5.39. The average molecular weight is 255 g/mol. The number of amides is 1. The summed E-state index contributed by atoms with van der Waals surface area (Å²) in [6, 6.07) is -0.117. The minimum atomic E-state index is -0.825.